The summed E-state index contributed by atoms with van der Waals surface area (Å²) in [5.74, 6) is 0. The fraction of sp³-hybridized carbons (Fsp3) is 0.133. The van der Waals surface area contributed by atoms with Crippen LogP contribution < -0.4 is 5.73 Å². The molecule has 6 rings (SSSR count). The number of nitriles is 2. The molecule has 2 N–H and O–H groups in total. The molecule has 172 valence electrons. The topological polar surface area (TPSA) is 104 Å². The maximum absolute atomic E-state index is 9.82. The monoisotopic (exact) mass is 466 g/mol. The Kier molecular flexibility index (Phi) is 4.93. The number of fused-ring (bicyclic) bond motifs is 6. The molecule has 1 atom stereocenters. The van der Waals surface area contributed by atoms with Crippen LogP contribution in [0, 0.1) is 22.7 Å². The van der Waals surface area contributed by atoms with Gasteiger partial charge >= 0.3 is 0 Å². The van der Waals surface area contributed by atoms with Crippen molar-refractivity contribution in [3.05, 3.63) is 118 Å². The summed E-state index contributed by atoms with van der Waals surface area (Å²) in [5, 5.41) is 20.4. The Morgan fingerprint density at radius 3 is 2.56 bits per heavy atom. The molecule has 1 unspecified atom stereocenters. The smallest absolute Gasteiger partial charge is 0.141 e. The molecule has 6 bridgehead atoms. The number of nitrogens with two attached hydrogens (primary N) is 1. The minimum Gasteiger partial charge on any atom is -0.336 e. The predicted octanol–water partition coefficient (Wildman–Crippen LogP) is 4.73. The highest BCUT2D eigenvalue weighted by atomic mass is 15.1. The third-order valence-corrected chi connectivity index (χ3v) is 7.20. The van der Waals surface area contributed by atoms with Gasteiger partial charge in [0.2, 0.25) is 0 Å². The van der Waals surface area contributed by atoms with Gasteiger partial charge in [-0.15, -0.1) is 0 Å². The fourth-order valence-corrected chi connectivity index (χ4v) is 5.30. The van der Waals surface area contributed by atoms with Crippen molar-refractivity contribution < 1.29 is 0 Å². The molecule has 3 aromatic carbocycles. The average Bonchev–Trinajstić information content (AvgIpc) is 3.36. The Hall–Kier alpha value is -4.78. The van der Waals surface area contributed by atoms with Crippen molar-refractivity contribution in [3.63, 3.8) is 0 Å². The number of aryl methyl sites for hydroxylation is 3. The van der Waals surface area contributed by atoms with Gasteiger partial charge in [0.05, 0.1) is 35.4 Å². The summed E-state index contributed by atoms with van der Waals surface area (Å²) in [4.78, 5) is 8.94. The van der Waals surface area contributed by atoms with Crippen molar-refractivity contribution in [1.29, 1.82) is 10.5 Å². The first-order chi connectivity index (χ1) is 17.5. The molecule has 5 aromatic rings. The van der Waals surface area contributed by atoms with Crippen LogP contribution in [0.5, 0.6) is 0 Å². The molecule has 0 radical (unpaired) electrons. The Balaban J connectivity index is 1.75. The zero-order valence-electron chi connectivity index (χ0n) is 19.7. The lowest BCUT2D eigenvalue weighted by Crippen LogP contribution is -2.41. The van der Waals surface area contributed by atoms with E-state index in [1.165, 1.54) is 0 Å². The Morgan fingerprint density at radius 1 is 0.944 bits per heavy atom. The highest BCUT2D eigenvalue weighted by Crippen LogP contribution is 2.39. The summed E-state index contributed by atoms with van der Waals surface area (Å²) in [5.41, 5.74) is 14.8. The largest absolute Gasteiger partial charge is 0.336 e. The van der Waals surface area contributed by atoms with Crippen molar-refractivity contribution in [3.8, 4) is 23.3 Å². The predicted molar refractivity (Wildman–Crippen MR) is 138 cm³/mol. The lowest BCUT2D eigenvalue weighted by molar-refractivity contribution is 0.595. The molecule has 0 spiro atoms. The molecule has 6 nitrogen and oxygen atoms in total. The van der Waals surface area contributed by atoms with E-state index in [1.54, 1.807) is 12.5 Å². The van der Waals surface area contributed by atoms with Crippen molar-refractivity contribution in [2.75, 3.05) is 0 Å². The van der Waals surface area contributed by atoms with Gasteiger partial charge in [0.25, 0.3) is 0 Å². The van der Waals surface area contributed by atoms with Crippen molar-refractivity contribution in [1.82, 2.24) is 14.5 Å². The lowest BCUT2D eigenvalue weighted by atomic mass is 9.79. The number of hydrogen-bond donors (Lipinski definition) is 1. The molecule has 2 aromatic heterocycles. The molecule has 2 heterocycles. The Morgan fingerprint density at radius 2 is 1.78 bits per heavy atom. The van der Waals surface area contributed by atoms with Crippen molar-refractivity contribution >= 4 is 10.9 Å². The number of benzene rings is 3. The third-order valence-electron chi connectivity index (χ3n) is 7.20. The molecule has 1 aliphatic carbocycles. The minimum atomic E-state index is -1.03. The zero-order valence-corrected chi connectivity index (χ0v) is 19.7. The minimum absolute atomic E-state index is 0.371. The molecule has 0 aliphatic heterocycles. The number of pyridine rings is 1. The highest BCUT2D eigenvalue weighted by molar-refractivity contribution is 5.96. The summed E-state index contributed by atoms with van der Waals surface area (Å²) in [7, 11) is 1.93. The number of aromatic nitrogens is 3. The number of nitrogens with zero attached hydrogens (tertiary/aromatic N) is 5. The highest BCUT2D eigenvalue weighted by Gasteiger charge is 2.35. The van der Waals surface area contributed by atoms with Crippen LogP contribution in [0.1, 0.15) is 39.2 Å². The van der Waals surface area contributed by atoms with E-state index in [-0.39, 0.29) is 0 Å². The van der Waals surface area contributed by atoms with E-state index in [9.17, 15) is 10.5 Å². The van der Waals surface area contributed by atoms with Gasteiger partial charge in [-0.05, 0) is 70.5 Å². The van der Waals surface area contributed by atoms with Crippen LogP contribution in [0.15, 0.2) is 79.3 Å². The van der Waals surface area contributed by atoms with Crippen LogP contribution in [0.3, 0.4) is 0 Å². The average molecular weight is 467 g/mol. The van der Waals surface area contributed by atoms with Crippen LogP contribution in [0.2, 0.25) is 0 Å². The molecule has 6 heteroatoms. The van der Waals surface area contributed by atoms with E-state index in [2.05, 4.69) is 52.4 Å². The summed E-state index contributed by atoms with van der Waals surface area (Å²) < 4.78 is 1.93. The molecule has 1 aliphatic rings. The van der Waals surface area contributed by atoms with Gasteiger partial charge in [-0.2, -0.15) is 10.5 Å². The van der Waals surface area contributed by atoms with Gasteiger partial charge in [0.15, 0.2) is 0 Å². The first-order valence-corrected chi connectivity index (χ1v) is 11.7. The van der Waals surface area contributed by atoms with Crippen molar-refractivity contribution in [2.24, 2.45) is 12.8 Å². The van der Waals surface area contributed by atoms with Gasteiger partial charge in [0.1, 0.15) is 17.3 Å². The van der Waals surface area contributed by atoms with Gasteiger partial charge < -0.3 is 10.3 Å². The van der Waals surface area contributed by atoms with Gasteiger partial charge in [-0.3, -0.25) is 0 Å². The lowest BCUT2D eigenvalue weighted by Gasteiger charge is -2.32. The maximum atomic E-state index is 9.82. The maximum Gasteiger partial charge on any atom is 0.141 e. The Bertz CT molecular complexity index is 1750. The van der Waals surface area contributed by atoms with E-state index in [0.29, 0.717) is 17.7 Å². The summed E-state index contributed by atoms with van der Waals surface area (Å²) in [6, 6.07) is 26.6. The first kappa shape index (κ1) is 21.7. The van der Waals surface area contributed by atoms with Crippen LogP contribution in [-0.4, -0.2) is 14.5 Å². The molecule has 0 fully saturated rings. The molecule has 36 heavy (non-hydrogen) atoms. The second-order valence-corrected chi connectivity index (χ2v) is 9.28. The van der Waals surface area contributed by atoms with E-state index in [4.69, 9.17) is 5.73 Å². The van der Waals surface area contributed by atoms with E-state index < -0.39 is 5.54 Å². The second-order valence-electron chi connectivity index (χ2n) is 9.28. The second kappa shape index (κ2) is 8.16. The van der Waals surface area contributed by atoms with Crippen molar-refractivity contribution in [2.45, 2.75) is 18.4 Å². The number of rotatable bonds is 1. The van der Waals surface area contributed by atoms with Crippen LogP contribution in [-0.2, 0) is 25.4 Å². The van der Waals surface area contributed by atoms with E-state index >= 15 is 0 Å². The van der Waals surface area contributed by atoms with E-state index in [0.717, 1.165) is 56.4 Å². The van der Waals surface area contributed by atoms with Gasteiger partial charge in [-0.1, -0.05) is 42.5 Å². The SMILES string of the molecule is Cn1cncc1C1(N)c2ccc(C#N)c(c2)CCc2cccc(c2)-c2cc(C#N)nc3ccc1cc23. The van der Waals surface area contributed by atoms with E-state index in [1.807, 2.05) is 48.0 Å². The first-order valence-electron chi connectivity index (χ1n) is 11.7. The summed E-state index contributed by atoms with van der Waals surface area (Å²) >= 11 is 0. The van der Waals surface area contributed by atoms with Gasteiger partial charge in [0, 0.05) is 12.4 Å². The zero-order chi connectivity index (χ0) is 24.9. The molecule has 0 saturated heterocycles. The molecule has 0 amide bonds. The van der Waals surface area contributed by atoms with Crippen LogP contribution >= 0.6 is 0 Å². The molecular weight excluding hydrogens is 444 g/mol. The normalized spacial score (nSPS) is 16.4. The molecular formula is C30H22N6. The standard InChI is InChI=1S/C30H22N6/c1-36-18-34-17-29(36)30(33)23-8-7-22(15-31)20(12-23)6-5-19-3-2-4-21(11-19)26-14-25(16-32)35-28-10-9-24(30)13-27(26)28/h2-4,7-14,17-18H,5-6,33H2,1H3. The summed E-state index contributed by atoms with van der Waals surface area (Å²) in [6.45, 7) is 0. The molecule has 0 saturated carbocycles. The number of imidazole rings is 1. The Labute approximate surface area is 208 Å². The van der Waals surface area contributed by atoms with Crippen LogP contribution in [0.25, 0.3) is 22.0 Å². The fourth-order valence-electron chi connectivity index (χ4n) is 5.30. The van der Waals surface area contributed by atoms with Crippen LogP contribution in [0.4, 0.5) is 0 Å². The third kappa shape index (κ3) is 3.28. The number of hydrogen-bond acceptors (Lipinski definition) is 5. The quantitative estimate of drug-likeness (QED) is 0.385. The van der Waals surface area contributed by atoms with Gasteiger partial charge in [-0.25, -0.2) is 9.97 Å². The summed E-state index contributed by atoms with van der Waals surface area (Å²) in [6.07, 6.45) is 5.01.